The second-order valence-electron chi connectivity index (χ2n) is 6.63. The summed E-state index contributed by atoms with van der Waals surface area (Å²) < 4.78 is 0. The SMILES string of the molecule is CC12CCC3c4ccsc4CCC3C1CCC2=O. The Balaban J connectivity index is 1.73. The molecular weight excluding hydrogens is 240 g/mol. The fourth-order valence-electron chi connectivity index (χ4n) is 5.03. The molecule has 0 amide bonds. The third-order valence-corrected chi connectivity index (χ3v) is 7.03. The summed E-state index contributed by atoms with van der Waals surface area (Å²) in [7, 11) is 0. The molecule has 0 aromatic carbocycles. The normalized spacial score (nSPS) is 42.3. The quantitative estimate of drug-likeness (QED) is 0.684. The molecule has 2 saturated carbocycles. The first-order valence-electron chi connectivity index (χ1n) is 7.30. The van der Waals surface area contributed by atoms with E-state index in [1.54, 1.807) is 10.4 Å². The van der Waals surface area contributed by atoms with Gasteiger partial charge >= 0.3 is 0 Å². The summed E-state index contributed by atoms with van der Waals surface area (Å²) >= 11 is 1.94. The topological polar surface area (TPSA) is 17.1 Å². The predicted octanol–water partition coefficient (Wildman–Crippen LogP) is 4.17. The van der Waals surface area contributed by atoms with Gasteiger partial charge in [0.15, 0.2) is 0 Å². The highest BCUT2D eigenvalue weighted by Crippen LogP contribution is 2.59. The van der Waals surface area contributed by atoms with Gasteiger partial charge in [-0.3, -0.25) is 4.79 Å². The zero-order valence-electron chi connectivity index (χ0n) is 10.9. The van der Waals surface area contributed by atoms with Crippen LogP contribution < -0.4 is 0 Å². The number of hydrogen-bond acceptors (Lipinski definition) is 2. The molecule has 0 radical (unpaired) electrons. The molecule has 3 aliphatic rings. The number of ketones is 1. The molecule has 0 spiro atoms. The summed E-state index contributed by atoms with van der Waals surface area (Å²) in [6, 6.07) is 2.36. The zero-order valence-corrected chi connectivity index (χ0v) is 11.8. The van der Waals surface area contributed by atoms with Gasteiger partial charge in [-0.15, -0.1) is 11.3 Å². The molecule has 0 N–H and O–H groups in total. The lowest BCUT2D eigenvalue weighted by Crippen LogP contribution is -2.42. The smallest absolute Gasteiger partial charge is 0.139 e. The lowest BCUT2D eigenvalue weighted by Gasteiger charge is -2.47. The van der Waals surface area contributed by atoms with E-state index in [2.05, 4.69) is 18.4 Å². The minimum absolute atomic E-state index is 0.0364. The Hall–Kier alpha value is -0.630. The van der Waals surface area contributed by atoms with Crippen molar-refractivity contribution >= 4 is 17.1 Å². The van der Waals surface area contributed by atoms with Gasteiger partial charge in [-0.25, -0.2) is 0 Å². The number of fused-ring (bicyclic) bond motifs is 5. The number of carbonyl (C=O) groups is 1. The highest BCUT2D eigenvalue weighted by molar-refractivity contribution is 7.10. The van der Waals surface area contributed by atoms with Crippen molar-refractivity contribution in [2.45, 2.75) is 51.4 Å². The molecule has 0 bridgehead atoms. The highest BCUT2D eigenvalue weighted by Gasteiger charge is 2.54. The summed E-state index contributed by atoms with van der Waals surface area (Å²) in [6.45, 7) is 2.26. The molecule has 2 fully saturated rings. The van der Waals surface area contributed by atoms with Crippen LogP contribution in [-0.4, -0.2) is 5.78 Å². The largest absolute Gasteiger partial charge is 0.299 e. The third kappa shape index (κ3) is 1.30. The van der Waals surface area contributed by atoms with E-state index in [-0.39, 0.29) is 5.41 Å². The molecular formula is C16H20OS. The summed E-state index contributed by atoms with van der Waals surface area (Å²) in [6.07, 6.45) is 6.97. The molecule has 1 heterocycles. The Morgan fingerprint density at radius 2 is 2.17 bits per heavy atom. The Morgan fingerprint density at radius 1 is 1.28 bits per heavy atom. The summed E-state index contributed by atoms with van der Waals surface area (Å²) in [5.74, 6) is 2.79. The van der Waals surface area contributed by atoms with Crippen LogP contribution in [-0.2, 0) is 11.2 Å². The molecule has 0 aliphatic heterocycles. The third-order valence-electron chi connectivity index (χ3n) is 6.03. The van der Waals surface area contributed by atoms with Crippen LogP contribution in [0.2, 0.25) is 0 Å². The molecule has 0 saturated heterocycles. The average molecular weight is 260 g/mol. The number of Topliss-reactive ketones (excluding diaryl/α,β-unsaturated/α-hetero) is 1. The maximum absolute atomic E-state index is 12.2. The number of thiophene rings is 1. The molecule has 4 atom stereocenters. The maximum Gasteiger partial charge on any atom is 0.139 e. The molecule has 18 heavy (non-hydrogen) atoms. The van der Waals surface area contributed by atoms with E-state index in [1.165, 1.54) is 19.3 Å². The summed E-state index contributed by atoms with van der Waals surface area (Å²) in [5.41, 5.74) is 1.67. The summed E-state index contributed by atoms with van der Waals surface area (Å²) in [5, 5.41) is 2.26. The molecule has 4 unspecified atom stereocenters. The number of hydrogen-bond donors (Lipinski definition) is 0. The minimum Gasteiger partial charge on any atom is -0.299 e. The van der Waals surface area contributed by atoms with Crippen molar-refractivity contribution in [3.63, 3.8) is 0 Å². The van der Waals surface area contributed by atoms with Crippen molar-refractivity contribution in [1.29, 1.82) is 0 Å². The van der Waals surface area contributed by atoms with Gasteiger partial charge in [-0.2, -0.15) is 0 Å². The van der Waals surface area contributed by atoms with Crippen molar-refractivity contribution < 1.29 is 4.79 Å². The number of rotatable bonds is 0. The van der Waals surface area contributed by atoms with Gasteiger partial charge in [0.25, 0.3) is 0 Å². The van der Waals surface area contributed by atoms with Gasteiger partial charge in [0.1, 0.15) is 5.78 Å². The zero-order chi connectivity index (χ0) is 12.3. The maximum atomic E-state index is 12.2. The van der Waals surface area contributed by atoms with Crippen LogP contribution in [0.3, 0.4) is 0 Å². The van der Waals surface area contributed by atoms with E-state index in [0.717, 1.165) is 31.1 Å². The van der Waals surface area contributed by atoms with Crippen molar-refractivity contribution in [1.82, 2.24) is 0 Å². The van der Waals surface area contributed by atoms with E-state index in [0.29, 0.717) is 11.7 Å². The van der Waals surface area contributed by atoms with Crippen LogP contribution in [0.15, 0.2) is 11.4 Å². The average Bonchev–Trinajstić information content (AvgIpc) is 2.94. The first-order chi connectivity index (χ1) is 8.70. The molecule has 96 valence electrons. The lowest BCUT2D eigenvalue weighted by molar-refractivity contribution is -0.129. The molecule has 1 aromatic rings. The predicted molar refractivity (Wildman–Crippen MR) is 73.9 cm³/mol. The van der Waals surface area contributed by atoms with Crippen molar-refractivity contribution in [3.05, 3.63) is 21.9 Å². The molecule has 4 rings (SSSR count). The Bertz CT molecular complexity index is 503. The Labute approximate surface area is 113 Å². The first-order valence-corrected chi connectivity index (χ1v) is 8.18. The van der Waals surface area contributed by atoms with Crippen molar-refractivity contribution in [3.8, 4) is 0 Å². The summed E-state index contributed by atoms with van der Waals surface area (Å²) in [4.78, 5) is 13.8. The van der Waals surface area contributed by atoms with Crippen LogP contribution >= 0.6 is 11.3 Å². The van der Waals surface area contributed by atoms with Gasteiger partial charge in [0.2, 0.25) is 0 Å². The van der Waals surface area contributed by atoms with Crippen LogP contribution in [0.5, 0.6) is 0 Å². The van der Waals surface area contributed by atoms with E-state index >= 15 is 0 Å². The Kier molecular flexibility index (Phi) is 2.30. The number of carbonyl (C=O) groups excluding carboxylic acids is 1. The highest BCUT2D eigenvalue weighted by atomic mass is 32.1. The van der Waals surface area contributed by atoms with Crippen LogP contribution in [0.4, 0.5) is 0 Å². The molecule has 3 aliphatic carbocycles. The fraction of sp³-hybridized carbons (Fsp3) is 0.688. The van der Waals surface area contributed by atoms with E-state index in [9.17, 15) is 4.79 Å². The van der Waals surface area contributed by atoms with E-state index in [1.807, 2.05) is 11.3 Å². The van der Waals surface area contributed by atoms with Crippen LogP contribution in [0.1, 0.15) is 55.4 Å². The fourth-order valence-corrected chi connectivity index (χ4v) is 6.00. The van der Waals surface area contributed by atoms with Gasteiger partial charge < -0.3 is 0 Å². The molecule has 1 aromatic heterocycles. The monoisotopic (exact) mass is 260 g/mol. The van der Waals surface area contributed by atoms with Gasteiger partial charge in [0, 0.05) is 16.7 Å². The van der Waals surface area contributed by atoms with Crippen molar-refractivity contribution in [2.24, 2.45) is 17.3 Å². The van der Waals surface area contributed by atoms with E-state index < -0.39 is 0 Å². The lowest BCUT2D eigenvalue weighted by atomic mass is 9.56. The second-order valence-corrected chi connectivity index (χ2v) is 7.63. The minimum atomic E-state index is 0.0364. The van der Waals surface area contributed by atoms with Gasteiger partial charge in [0.05, 0.1) is 0 Å². The number of aryl methyl sites for hydroxylation is 1. The molecule has 2 heteroatoms. The second kappa shape index (κ2) is 3.69. The molecule has 1 nitrogen and oxygen atoms in total. The standard InChI is InChI=1S/C16H20OS/c1-16-8-6-10-11(13(16)3-5-15(16)17)2-4-14-12(10)7-9-18-14/h7,9-11,13H,2-6,8H2,1H3. The Morgan fingerprint density at radius 3 is 3.06 bits per heavy atom. The van der Waals surface area contributed by atoms with Crippen LogP contribution in [0, 0.1) is 17.3 Å². The van der Waals surface area contributed by atoms with Crippen molar-refractivity contribution in [2.75, 3.05) is 0 Å². The first kappa shape index (κ1) is 11.2. The van der Waals surface area contributed by atoms with E-state index in [4.69, 9.17) is 0 Å². The van der Waals surface area contributed by atoms with Gasteiger partial charge in [-0.05, 0) is 66.9 Å². The van der Waals surface area contributed by atoms with Gasteiger partial charge in [-0.1, -0.05) is 6.92 Å². The van der Waals surface area contributed by atoms with Crippen LogP contribution in [0.25, 0.3) is 0 Å².